The lowest BCUT2D eigenvalue weighted by atomic mass is 15.8. The monoisotopic (exact) mass is 111 g/mol. The highest BCUT2D eigenvalue weighted by Crippen LogP contribution is 2.04. The predicted molar refractivity (Wildman–Crippen MR) is 14.3 cm³/mol. The van der Waals surface area contributed by atoms with Gasteiger partial charge in [0, 0.05) is 0 Å². The summed E-state index contributed by atoms with van der Waals surface area (Å²) in [6.07, 6.45) is 0. The predicted octanol–water partition coefficient (Wildman–Crippen LogP) is -2.71. The molecule has 0 bridgehead atoms. The van der Waals surface area contributed by atoms with E-state index in [4.69, 9.17) is 14.7 Å². The Morgan fingerprint density at radius 3 is 1.20 bits per heavy atom. The van der Waals surface area contributed by atoms with Crippen molar-refractivity contribution in [3.05, 3.63) is 0 Å². The van der Waals surface area contributed by atoms with Crippen LogP contribution in [0.1, 0.15) is 0 Å². The first-order valence-corrected chi connectivity index (χ1v) is 3.29. The van der Waals surface area contributed by atoms with Gasteiger partial charge in [-0.05, 0) is 0 Å². The second-order valence-electron chi connectivity index (χ2n) is 0.447. The molecule has 0 fully saturated rings. The molecule has 0 rings (SSSR count). The molecule has 0 aliphatic carbocycles. The lowest BCUT2D eigenvalue weighted by molar-refractivity contribution is -0.411. The summed E-state index contributed by atoms with van der Waals surface area (Å²) in [5.74, 6) is 0. The lowest BCUT2D eigenvalue weighted by Crippen LogP contribution is -2.23. The van der Waals surface area contributed by atoms with E-state index >= 15 is 0 Å². The Bertz CT molecular complexity index is 53.0. The number of rotatable bonds is 0. The van der Waals surface area contributed by atoms with Crippen molar-refractivity contribution in [1.82, 2.24) is 0 Å². The van der Waals surface area contributed by atoms with Gasteiger partial charge in [0.1, 0.15) is 0 Å². The maximum atomic E-state index is 8.92. The molecule has 0 saturated heterocycles. The van der Waals surface area contributed by atoms with Crippen molar-refractivity contribution in [1.29, 1.82) is 0 Å². The average molecular weight is 111 g/mol. The minimum absolute atomic E-state index is 3.27. The number of hydrogen-bond donors (Lipinski definition) is 0. The second-order valence-corrected chi connectivity index (χ2v) is 2.68. The maximum absolute atomic E-state index is 8.92. The quantitative estimate of drug-likeness (QED) is 0.319. The molecule has 3 nitrogen and oxygen atoms in total. The average Bonchev–Trinajstić information content (AvgIpc) is 0.722. The van der Waals surface area contributed by atoms with E-state index in [-0.39, 0.29) is 0 Å². The lowest BCUT2D eigenvalue weighted by Gasteiger charge is -2.43. The van der Waals surface area contributed by atoms with Gasteiger partial charge in [-0.15, -0.1) is 0 Å². The first-order valence-electron chi connectivity index (χ1n) is 0.730. The van der Waals surface area contributed by atoms with Crippen LogP contribution >= 0.6 is 6.72 Å². The summed E-state index contributed by atoms with van der Waals surface area (Å²) >= 11 is 3.27. The van der Waals surface area contributed by atoms with Crippen molar-refractivity contribution < 1.29 is 14.7 Å². The van der Waals surface area contributed by atoms with Gasteiger partial charge in [-0.3, -0.25) is 0 Å². The van der Waals surface area contributed by atoms with Gasteiger partial charge in [0.15, 0.2) is 0 Å². The second kappa shape index (κ2) is 1.32. The van der Waals surface area contributed by atoms with Crippen LogP contribution in [0.15, 0.2) is 0 Å². The van der Waals surface area contributed by atoms with E-state index in [9.17, 15) is 0 Å². The molecular formula is O3PS-3. The highest BCUT2D eigenvalue weighted by molar-refractivity contribution is 8.04. The standard InChI is InChI=1S/H3O3PS/c1-4(2,3)5/h(H3,1,2,3,5)/p-3. The van der Waals surface area contributed by atoms with Crippen molar-refractivity contribution in [3.63, 3.8) is 0 Å². The summed E-state index contributed by atoms with van der Waals surface area (Å²) in [4.78, 5) is 26.8. The molecular weight excluding hydrogens is 111 g/mol. The van der Waals surface area contributed by atoms with E-state index in [2.05, 4.69) is 11.8 Å². The summed E-state index contributed by atoms with van der Waals surface area (Å²) in [6, 6.07) is 0. The Morgan fingerprint density at radius 1 is 1.20 bits per heavy atom. The van der Waals surface area contributed by atoms with E-state index in [0.29, 0.717) is 0 Å². The molecule has 0 aliphatic heterocycles. The fourth-order valence-electron chi connectivity index (χ4n) is 0. The molecule has 0 heterocycles. The molecule has 0 aromatic heterocycles. The summed E-state index contributed by atoms with van der Waals surface area (Å²) in [5.41, 5.74) is 0. The molecule has 0 amide bonds. The third-order valence-corrected chi connectivity index (χ3v) is 0. The minimum Gasteiger partial charge on any atom is -0.844 e. The Hall–Kier alpha value is 0.530. The highest BCUT2D eigenvalue weighted by Gasteiger charge is 1.37. The molecule has 0 aromatic carbocycles. The topological polar surface area (TPSA) is 69.2 Å². The van der Waals surface area contributed by atoms with Crippen LogP contribution < -0.4 is 14.7 Å². The van der Waals surface area contributed by atoms with Crippen molar-refractivity contribution in [2.45, 2.75) is 0 Å². The third-order valence-electron chi connectivity index (χ3n) is 0. The fourth-order valence-corrected chi connectivity index (χ4v) is 0. The van der Waals surface area contributed by atoms with E-state index in [1.54, 1.807) is 0 Å². The van der Waals surface area contributed by atoms with Crippen LogP contribution in [0.2, 0.25) is 0 Å². The Morgan fingerprint density at radius 2 is 1.20 bits per heavy atom. The summed E-state index contributed by atoms with van der Waals surface area (Å²) in [5, 5.41) is 0. The Labute approximate surface area is 34.1 Å². The van der Waals surface area contributed by atoms with Gasteiger partial charge in [0.2, 0.25) is 0 Å². The van der Waals surface area contributed by atoms with Gasteiger partial charge in [-0.1, -0.05) is 0 Å². The van der Waals surface area contributed by atoms with Crippen LogP contribution in [-0.2, 0) is 11.8 Å². The van der Waals surface area contributed by atoms with Gasteiger partial charge >= 0.3 is 0 Å². The molecule has 0 radical (unpaired) electrons. The summed E-state index contributed by atoms with van der Waals surface area (Å²) in [7, 11) is 0. The highest BCUT2D eigenvalue weighted by atomic mass is 32.5. The van der Waals surface area contributed by atoms with Gasteiger partial charge in [0.25, 0.3) is 0 Å². The van der Waals surface area contributed by atoms with Crippen LogP contribution in [0.4, 0.5) is 0 Å². The normalized spacial score (nSPS) is 11.8. The van der Waals surface area contributed by atoms with Gasteiger partial charge in [0.05, 0.1) is 0 Å². The summed E-state index contributed by atoms with van der Waals surface area (Å²) < 4.78 is 0. The molecule has 0 N–H and O–H groups in total. The zero-order valence-corrected chi connectivity index (χ0v) is 3.79. The van der Waals surface area contributed by atoms with Crippen molar-refractivity contribution >= 4 is 18.5 Å². The van der Waals surface area contributed by atoms with Crippen molar-refractivity contribution in [2.75, 3.05) is 0 Å². The van der Waals surface area contributed by atoms with E-state index in [0.717, 1.165) is 0 Å². The zero-order valence-electron chi connectivity index (χ0n) is 2.08. The molecule has 5 heavy (non-hydrogen) atoms. The Kier molecular flexibility index (Phi) is 1.46. The van der Waals surface area contributed by atoms with Crippen LogP contribution in [-0.4, -0.2) is 0 Å². The largest absolute Gasteiger partial charge is 0.844 e. The molecule has 0 aliphatic rings. The van der Waals surface area contributed by atoms with E-state index < -0.39 is 6.72 Å². The zero-order chi connectivity index (χ0) is 4.50. The van der Waals surface area contributed by atoms with E-state index in [1.165, 1.54) is 0 Å². The first kappa shape index (κ1) is 5.53. The van der Waals surface area contributed by atoms with Crippen LogP contribution in [0.3, 0.4) is 0 Å². The fraction of sp³-hybridized carbons (Fsp3) is 0. The van der Waals surface area contributed by atoms with Gasteiger partial charge in [-0.2, -0.15) is 11.8 Å². The van der Waals surface area contributed by atoms with Gasteiger partial charge in [-0.25, -0.2) is 0 Å². The smallest absolute Gasteiger partial charge is 0.151 e. The molecule has 0 atom stereocenters. The van der Waals surface area contributed by atoms with Crippen LogP contribution in [0.5, 0.6) is 0 Å². The molecule has 5 heteroatoms. The van der Waals surface area contributed by atoms with Crippen LogP contribution in [0, 0.1) is 0 Å². The molecule has 0 unspecified atom stereocenters. The molecule has 0 aromatic rings. The molecule has 0 saturated carbocycles. The molecule has 0 spiro atoms. The van der Waals surface area contributed by atoms with Crippen molar-refractivity contribution in [2.24, 2.45) is 0 Å². The van der Waals surface area contributed by atoms with Crippen LogP contribution in [0.25, 0.3) is 0 Å². The Balaban J connectivity index is 3.47. The maximum Gasteiger partial charge on any atom is -0.151 e. The third kappa shape index (κ3) is 103. The minimum atomic E-state index is -4.56. The van der Waals surface area contributed by atoms with Crippen molar-refractivity contribution in [3.8, 4) is 0 Å². The summed E-state index contributed by atoms with van der Waals surface area (Å²) in [6.45, 7) is -4.56. The first-order chi connectivity index (χ1) is 2.00. The number of hydrogen-bond acceptors (Lipinski definition) is 4. The molecule has 32 valence electrons. The van der Waals surface area contributed by atoms with E-state index in [1.807, 2.05) is 0 Å². The van der Waals surface area contributed by atoms with Gasteiger partial charge < -0.3 is 21.4 Å². The SMILES string of the molecule is [O-]P([O-])([O-])=S.